The van der Waals surface area contributed by atoms with Crippen molar-refractivity contribution in [2.45, 2.75) is 374 Å². The summed E-state index contributed by atoms with van der Waals surface area (Å²) in [5.41, 5.74) is 0. The Morgan fingerprint density at radius 1 is 0.318 bits per heavy atom. The fraction of sp³-hybridized carbons (Fsp3) is 0.942. The number of phosphoric ester groups is 2. The first-order valence-corrected chi connectivity index (χ1v) is 39.2. The predicted molar refractivity (Wildman–Crippen MR) is 354 cm³/mol. The smallest absolute Gasteiger partial charge is 0.462 e. The van der Waals surface area contributed by atoms with E-state index >= 15 is 0 Å². The van der Waals surface area contributed by atoms with Gasteiger partial charge in [-0.1, -0.05) is 304 Å². The van der Waals surface area contributed by atoms with Gasteiger partial charge < -0.3 is 33.8 Å². The molecule has 0 bridgehead atoms. The van der Waals surface area contributed by atoms with E-state index in [2.05, 4.69) is 34.6 Å². The van der Waals surface area contributed by atoms with Gasteiger partial charge in [-0.3, -0.25) is 37.3 Å². The molecule has 0 radical (unpaired) electrons. The van der Waals surface area contributed by atoms with E-state index in [1.807, 2.05) is 0 Å². The molecule has 0 spiro atoms. The Balaban J connectivity index is 5.23. The van der Waals surface area contributed by atoms with Gasteiger partial charge in [-0.15, -0.1) is 0 Å². The molecule has 88 heavy (non-hydrogen) atoms. The summed E-state index contributed by atoms with van der Waals surface area (Å²) in [5, 5.41) is 10.6. The van der Waals surface area contributed by atoms with Crippen LogP contribution >= 0.6 is 15.6 Å². The first kappa shape index (κ1) is 86.1. The number of aliphatic hydroxyl groups is 1. The predicted octanol–water partition coefficient (Wildman–Crippen LogP) is 19.7. The van der Waals surface area contributed by atoms with Crippen LogP contribution in [-0.2, 0) is 65.4 Å². The summed E-state index contributed by atoms with van der Waals surface area (Å²) in [6.07, 6.45) is 48.5. The molecule has 0 saturated carbocycles. The summed E-state index contributed by atoms with van der Waals surface area (Å²) in [6.45, 7) is 7.19. The number of phosphoric acid groups is 2. The minimum atomic E-state index is -4.95. The average Bonchev–Trinajstić information content (AvgIpc) is 3.64. The van der Waals surface area contributed by atoms with E-state index < -0.39 is 97.5 Å². The quantitative estimate of drug-likeness (QED) is 0.0222. The Morgan fingerprint density at radius 2 is 0.545 bits per heavy atom. The van der Waals surface area contributed by atoms with Crippen LogP contribution in [0.2, 0.25) is 0 Å². The molecule has 522 valence electrons. The second-order valence-electron chi connectivity index (χ2n) is 25.2. The van der Waals surface area contributed by atoms with Gasteiger partial charge in [0.1, 0.15) is 19.3 Å². The minimum absolute atomic E-state index is 0.103. The Bertz CT molecular complexity index is 1710. The zero-order valence-electron chi connectivity index (χ0n) is 56.9. The van der Waals surface area contributed by atoms with E-state index in [1.165, 1.54) is 180 Å². The van der Waals surface area contributed by atoms with Crippen molar-refractivity contribution in [2.75, 3.05) is 39.6 Å². The Morgan fingerprint density at radius 3 is 0.807 bits per heavy atom. The number of esters is 4. The SMILES string of the molecule is CCCCCCCCCCCCCCCCCCC(=O)O[C@H](COC(=O)CCCCCCCCCCCCCC)COP(=O)(O)OC[C@@H](O)COP(=O)(O)OC[C@@H](COC(=O)CCCCCCCCCCCC)OC(=O)CCCCCCCCC(C)CC. The molecule has 19 heteroatoms. The number of hydrogen-bond acceptors (Lipinski definition) is 15. The molecule has 0 aromatic carbocycles. The van der Waals surface area contributed by atoms with Gasteiger partial charge in [0.15, 0.2) is 12.2 Å². The van der Waals surface area contributed by atoms with Gasteiger partial charge in [0.25, 0.3) is 0 Å². The van der Waals surface area contributed by atoms with Gasteiger partial charge in [0, 0.05) is 25.7 Å². The molecular weight excluding hydrogens is 1160 g/mol. The van der Waals surface area contributed by atoms with E-state index in [1.54, 1.807) is 0 Å². The fourth-order valence-electron chi connectivity index (χ4n) is 10.4. The van der Waals surface area contributed by atoms with Gasteiger partial charge in [0.05, 0.1) is 26.4 Å². The van der Waals surface area contributed by atoms with E-state index in [9.17, 15) is 43.2 Å². The van der Waals surface area contributed by atoms with Crippen molar-refractivity contribution in [1.29, 1.82) is 0 Å². The van der Waals surface area contributed by atoms with E-state index in [0.29, 0.717) is 25.7 Å². The summed E-state index contributed by atoms with van der Waals surface area (Å²) >= 11 is 0. The third-order valence-electron chi connectivity index (χ3n) is 16.4. The van der Waals surface area contributed by atoms with E-state index in [4.69, 9.17) is 37.0 Å². The minimum Gasteiger partial charge on any atom is -0.462 e. The molecule has 0 aliphatic heterocycles. The molecule has 0 aromatic heterocycles. The second-order valence-corrected chi connectivity index (χ2v) is 28.1. The molecule has 3 unspecified atom stereocenters. The lowest BCUT2D eigenvalue weighted by Gasteiger charge is -2.21. The molecule has 0 aromatic rings. The lowest BCUT2D eigenvalue weighted by molar-refractivity contribution is -0.161. The molecule has 3 N–H and O–H groups in total. The van der Waals surface area contributed by atoms with Crippen molar-refractivity contribution in [3.8, 4) is 0 Å². The topological polar surface area (TPSA) is 237 Å². The maximum Gasteiger partial charge on any atom is 0.472 e. The van der Waals surface area contributed by atoms with Crippen LogP contribution in [0.5, 0.6) is 0 Å². The van der Waals surface area contributed by atoms with Crippen molar-refractivity contribution < 1.29 is 80.2 Å². The molecule has 0 heterocycles. The maximum atomic E-state index is 13.0. The Labute approximate surface area is 537 Å². The lowest BCUT2D eigenvalue weighted by atomic mass is 10.00. The van der Waals surface area contributed by atoms with Crippen LogP contribution in [0.3, 0.4) is 0 Å². The summed E-state index contributed by atoms with van der Waals surface area (Å²) in [4.78, 5) is 72.4. The molecule has 0 fully saturated rings. The van der Waals surface area contributed by atoms with Gasteiger partial charge in [0.2, 0.25) is 0 Å². The number of ether oxygens (including phenoxy) is 4. The summed E-state index contributed by atoms with van der Waals surface area (Å²) < 4.78 is 68.2. The number of carbonyl (C=O) groups excluding carboxylic acids is 4. The molecule has 0 amide bonds. The van der Waals surface area contributed by atoms with Gasteiger partial charge in [-0.25, -0.2) is 9.13 Å². The third kappa shape index (κ3) is 61.6. The van der Waals surface area contributed by atoms with Crippen LogP contribution in [0.1, 0.15) is 356 Å². The van der Waals surface area contributed by atoms with Crippen LogP contribution in [0.25, 0.3) is 0 Å². The lowest BCUT2D eigenvalue weighted by Crippen LogP contribution is -2.30. The van der Waals surface area contributed by atoms with Crippen LogP contribution in [0.4, 0.5) is 0 Å². The van der Waals surface area contributed by atoms with E-state index in [0.717, 1.165) is 95.8 Å². The average molecular weight is 1300 g/mol. The highest BCUT2D eigenvalue weighted by Gasteiger charge is 2.30. The molecule has 0 rings (SSSR count). The van der Waals surface area contributed by atoms with Gasteiger partial charge in [-0.05, 0) is 31.6 Å². The fourth-order valence-corrected chi connectivity index (χ4v) is 12.0. The van der Waals surface area contributed by atoms with Crippen LogP contribution in [0, 0.1) is 5.92 Å². The highest BCUT2D eigenvalue weighted by molar-refractivity contribution is 7.47. The Hall–Kier alpha value is -1.94. The standard InChI is InChI=1S/C69H134O17P2/c1-6-10-13-16-19-22-25-27-28-29-30-32-35-38-44-49-54-68(73)85-64(58-79-67(72)53-48-43-37-34-31-26-23-20-17-14-11-7-2)60-83-87(75,76)81-56-63(70)57-82-88(77,78)84-61-65(86-69(74)55-50-45-40-39-41-46-51-62(5)9-4)59-80-66(71)52-47-42-36-33-24-21-18-15-12-8-3/h62-65,70H,6-61H2,1-5H3,(H,75,76)(H,77,78)/t62?,63-,64-,65-/m1/s1. The number of aliphatic hydroxyl groups excluding tert-OH is 1. The van der Waals surface area contributed by atoms with Crippen molar-refractivity contribution in [2.24, 2.45) is 5.92 Å². The first-order valence-electron chi connectivity index (χ1n) is 36.2. The number of unbranched alkanes of at least 4 members (excludes halogenated alkanes) is 40. The molecule has 6 atom stereocenters. The molecule has 0 aliphatic rings. The third-order valence-corrected chi connectivity index (χ3v) is 18.3. The van der Waals surface area contributed by atoms with Gasteiger partial charge in [-0.2, -0.15) is 0 Å². The summed E-state index contributed by atoms with van der Waals surface area (Å²) in [5.74, 6) is -1.40. The second kappa shape index (κ2) is 62.5. The zero-order chi connectivity index (χ0) is 64.9. The highest BCUT2D eigenvalue weighted by Crippen LogP contribution is 2.45. The maximum absolute atomic E-state index is 13.0. The Kier molecular flexibility index (Phi) is 61.1. The van der Waals surface area contributed by atoms with Crippen molar-refractivity contribution >= 4 is 39.5 Å². The van der Waals surface area contributed by atoms with Crippen molar-refractivity contribution in [1.82, 2.24) is 0 Å². The first-order chi connectivity index (χ1) is 42.6. The van der Waals surface area contributed by atoms with Crippen molar-refractivity contribution in [3.63, 3.8) is 0 Å². The molecule has 0 saturated heterocycles. The van der Waals surface area contributed by atoms with E-state index in [-0.39, 0.29) is 25.7 Å². The summed E-state index contributed by atoms with van der Waals surface area (Å²) in [6, 6.07) is 0. The monoisotopic (exact) mass is 1300 g/mol. The van der Waals surface area contributed by atoms with Crippen molar-refractivity contribution in [3.05, 3.63) is 0 Å². The van der Waals surface area contributed by atoms with Gasteiger partial charge >= 0.3 is 39.5 Å². The number of rotatable bonds is 69. The normalized spacial score (nSPS) is 14.4. The summed E-state index contributed by atoms with van der Waals surface area (Å²) in [7, 11) is -9.89. The zero-order valence-corrected chi connectivity index (χ0v) is 58.6. The number of carbonyl (C=O) groups is 4. The highest BCUT2D eigenvalue weighted by atomic mass is 31.2. The number of hydrogen-bond donors (Lipinski definition) is 3. The van der Waals surface area contributed by atoms with Crippen LogP contribution in [-0.4, -0.2) is 96.7 Å². The molecule has 17 nitrogen and oxygen atoms in total. The largest absolute Gasteiger partial charge is 0.472 e. The van der Waals surface area contributed by atoms with Crippen LogP contribution in [0.15, 0.2) is 0 Å². The molecule has 0 aliphatic carbocycles. The van der Waals surface area contributed by atoms with Crippen LogP contribution < -0.4 is 0 Å². The molecular formula is C69H134O17P2.